The van der Waals surface area contributed by atoms with Crippen LogP contribution in [0.15, 0.2) is 200 Å². The molecule has 0 spiro atoms. The van der Waals surface area contributed by atoms with Crippen LogP contribution in [0.4, 0.5) is 30.6 Å². The molecule has 34 heteroatoms. The molecule has 3 atom stereocenters. The Morgan fingerprint density at radius 3 is 1.32 bits per heavy atom. The number of anilines is 3. The molecule has 3 aliphatic rings. The van der Waals surface area contributed by atoms with Crippen LogP contribution < -0.4 is 61.0 Å². The second-order valence-electron chi connectivity index (χ2n) is 31.7. The summed E-state index contributed by atoms with van der Waals surface area (Å²) in [5.74, 6) is -4.63. The second kappa shape index (κ2) is 42.5. The van der Waals surface area contributed by atoms with Gasteiger partial charge in [-0.15, -0.1) is 0 Å². The number of carbonyl (C=O) groups is 8. The number of carbonyl (C=O) groups excluding carboxylic acids is 8. The first-order valence-corrected chi connectivity index (χ1v) is 42.4. The van der Waals surface area contributed by atoms with Crippen molar-refractivity contribution >= 4 is 64.7 Å². The minimum atomic E-state index is -0.809. The van der Waals surface area contributed by atoms with Gasteiger partial charge >= 0.3 is 0 Å². The minimum absolute atomic E-state index is 0.0119. The molecule has 0 bridgehead atoms. The number of primary amides is 4. The first-order chi connectivity index (χ1) is 63.1. The number of benzene rings is 8. The molecule has 17 N–H and O–H groups in total. The molecule has 3 saturated heterocycles. The first kappa shape index (κ1) is 93.2. The van der Waals surface area contributed by atoms with Gasteiger partial charge in [-0.2, -0.15) is 20.4 Å². The average molecular weight is 1780 g/mol. The van der Waals surface area contributed by atoms with Crippen LogP contribution in [0.2, 0.25) is 0 Å². The predicted octanol–water partition coefficient (Wildman–Crippen LogP) is 12.5. The molecule has 16 rings (SSSR count). The normalized spacial score (nSPS) is 14.5. The van der Waals surface area contributed by atoms with E-state index in [9.17, 15) is 47.1 Å². The Bertz CT molecular complexity index is 6390. The summed E-state index contributed by atoms with van der Waals surface area (Å²) >= 11 is 0. The Balaban J connectivity index is 0.000000149. The van der Waals surface area contributed by atoms with Crippen molar-refractivity contribution in [3.05, 3.63) is 313 Å². The zero-order valence-electron chi connectivity index (χ0n) is 73.0. The van der Waals surface area contributed by atoms with Gasteiger partial charge in [-0.1, -0.05) is 127 Å². The van der Waals surface area contributed by atoms with E-state index in [0.29, 0.717) is 126 Å². The van der Waals surface area contributed by atoms with E-state index in [-0.39, 0.29) is 94.2 Å². The summed E-state index contributed by atoms with van der Waals surface area (Å²) in [5.41, 5.74) is 48.3. The van der Waals surface area contributed by atoms with Gasteiger partial charge in [0.1, 0.15) is 74.4 Å². The number of nitrogens with two attached hydrogens (primary N) is 6. The number of amides is 8. The van der Waals surface area contributed by atoms with E-state index in [4.69, 9.17) is 53.7 Å². The number of hydrogen-bond acceptors (Lipinski definition) is 19. The quantitative estimate of drug-likeness (QED) is 0.0253. The molecule has 131 heavy (non-hydrogen) atoms. The van der Waals surface area contributed by atoms with Gasteiger partial charge in [-0.25, -0.2) is 27.2 Å². The van der Waals surface area contributed by atoms with Gasteiger partial charge < -0.3 is 75.2 Å². The number of aryl methyl sites for hydroxylation is 4. The van der Waals surface area contributed by atoms with E-state index < -0.39 is 47.0 Å². The molecule has 0 saturated carbocycles. The van der Waals surface area contributed by atoms with Gasteiger partial charge in [0.25, 0.3) is 47.3 Å². The lowest BCUT2D eigenvalue weighted by atomic mass is 10.0. The van der Waals surface area contributed by atoms with E-state index in [1.807, 2.05) is 142 Å². The highest BCUT2D eigenvalue weighted by Gasteiger charge is 2.33. The Hall–Kier alpha value is -15.4. The molecule has 0 radical (unpaired) electrons. The average Bonchev–Trinajstić information content (AvgIpc) is 1.62. The zero-order valence-corrected chi connectivity index (χ0v) is 73.0. The number of nitrogens with one attached hydrogen (secondary N) is 5. The molecule has 8 heterocycles. The van der Waals surface area contributed by atoms with Crippen LogP contribution in [0.5, 0.6) is 0 Å². The topological polar surface area (TPSA) is 465 Å². The van der Waals surface area contributed by atoms with Gasteiger partial charge in [0.15, 0.2) is 0 Å². The second-order valence-corrected chi connectivity index (χ2v) is 31.7. The van der Waals surface area contributed by atoms with E-state index in [2.05, 4.69) is 46.9 Å². The molecule has 3 aliphatic heterocycles. The SMILES string of the molecule is CNc1c(C(N)=O)c(-c2ccc(CNC(=O)c3ccccc3C)cc2)nn1-c1cccnc1.Cc1ccc(F)cc1C(=O)NCc1ccc(-c2nn(C3CCCOC3)c(N)c2C(N)=O)c(F)c1.Cc1ccccc1C(=O)NCc1ccc(-c2nn(C3CCCOC3)c(C)c2C(N)=O)cc1.Cc1ccccc1C(=O)NCc1ccc(-c2nn(C3CCOC3)c(N)c2C(N)=O)cc1F. The lowest BCUT2D eigenvalue weighted by Crippen LogP contribution is -2.24. The van der Waals surface area contributed by atoms with Gasteiger partial charge in [-0.3, -0.25) is 48.0 Å². The number of pyridine rings is 1. The van der Waals surface area contributed by atoms with Crippen molar-refractivity contribution in [3.8, 4) is 50.7 Å². The smallest absolute Gasteiger partial charge is 0.254 e. The van der Waals surface area contributed by atoms with Crippen molar-refractivity contribution in [3.63, 3.8) is 0 Å². The number of ether oxygens (including phenoxy) is 3. The summed E-state index contributed by atoms with van der Waals surface area (Å²) in [6.07, 6.45) is 7.52. The maximum atomic E-state index is 15.1. The highest BCUT2D eigenvalue weighted by molar-refractivity contribution is 6.06. The summed E-state index contributed by atoms with van der Waals surface area (Å²) in [4.78, 5) is 103. The molecule has 3 unspecified atom stereocenters. The van der Waals surface area contributed by atoms with Crippen LogP contribution in [-0.4, -0.2) is 138 Å². The van der Waals surface area contributed by atoms with Gasteiger partial charge in [0.2, 0.25) is 0 Å². The number of nitrogens with zero attached hydrogens (tertiary/aromatic N) is 9. The molecule has 676 valence electrons. The summed E-state index contributed by atoms with van der Waals surface area (Å²) in [6.45, 7) is 13.4. The summed E-state index contributed by atoms with van der Waals surface area (Å²) < 4.78 is 66.4. The number of rotatable bonds is 25. The van der Waals surface area contributed by atoms with Crippen molar-refractivity contribution in [2.45, 2.75) is 111 Å². The summed E-state index contributed by atoms with van der Waals surface area (Å²) in [7, 11) is 1.71. The standard InChI is InChI=1S/C25H24N6O2.C25H28N4O3.C24H25F2N5O3.C23H24FN5O3/c1-16-6-3-4-8-20(16)25(33)29-14-17-9-11-18(12-10-17)22-21(23(26)32)24(27-2)31(30-22)19-7-5-13-28-15-19;1-16-6-3-4-8-21(16)25(31)27-14-18-9-11-19(12-10-18)23-22(24(26)30)17(2)29(28-23)20-7-5-13-32-15-20;1-13-4-6-15(25)10-18(13)24(33)29-11-14-5-7-17(19(26)9-14)21-20(23(28)32)22(27)31(30-21)16-3-2-8-34-12-16;1-13-4-2-3-5-17(13)23(31)27-11-15-7-6-14(10-18(15)24)20-19(22(26)30)21(25)29(28-20)16-8-9-32-12-16/h3-13,15,27H,14H2,1-2H3,(H2,26,32)(H,29,33);3-4,6,8-12,20H,5,7,13-15H2,1-2H3,(H2,26,30)(H,27,31);4-7,9-10,16H,2-3,8,11-12,27H2,1H3,(H2,28,32)(H,29,33);2-7,10,16H,8-9,11-12,25H2,1H3,(H2,26,30)(H,27,31). The minimum Gasteiger partial charge on any atom is -0.383 e. The van der Waals surface area contributed by atoms with Gasteiger partial charge in [0, 0.05) is 115 Å². The van der Waals surface area contributed by atoms with Crippen molar-refractivity contribution in [2.75, 3.05) is 63.5 Å². The number of aromatic nitrogens is 9. The molecule has 5 aromatic heterocycles. The third-order valence-corrected chi connectivity index (χ3v) is 22.7. The first-order valence-electron chi connectivity index (χ1n) is 42.4. The lowest BCUT2D eigenvalue weighted by molar-refractivity contribution is 0.0542. The molecule has 0 aliphatic carbocycles. The lowest BCUT2D eigenvalue weighted by Gasteiger charge is -2.23. The van der Waals surface area contributed by atoms with Crippen LogP contribution in [0, 0.1) is 52.1 Å². The number of nitrogen functional groups attached to an aromatic ring is 2. The third kappa shape index (κ3) is 21.9. The molecule has 3 fully saturated rings. The predicted molar refractivity (Wildman–Crippen MR) is 489 cm³/mol. The monoisotopic (exact) mass is 1780 g/mol. The number of halogens is 3. The maximum absolute atomic E-state index is 15.1. The molecule has 13 aromatic rings. The van der Waals surface area contributed by atoms with Crippen LogP contribution >= 0.6 is 0 Å². The van der Waals surface area contributed by atoms with Crippen LogP contribution in [-0.2, 0) is 40.4 Å². The van der Waals surface area contributed by atoms with E-state index in [1.54, 1.807) is 73.5 Å². The van der Waals surface area contributed by atoms with Crippen LogP contribution in [0.25, 0.3) is 50.7 Å². The molecule has 31 nitrogen and oxygen atoms in total. The van der Waals surface area contributed by atoms with Crippen molar-refractivity contribution in [1.29, 1.82) is 0 Å². The van der Waals surface area contributed by atoms with Gasteiger partial charge in [0.05, 0.1) is 55.4 Å². The van der Waals surface area contributed by atoms with Crippen molar-refractivity contribution in [2.24, 2.45) is 22.9 Å². The van der Waals surface area contributed by atoms with E-state index in [0.717, 1.165) is 83.0 Å². The number of hydrogen-bond donors (Lipinski definition) is 11. The van der Waals surface area contributed by atoms with E-state index in [1.165, 1.54) is 39.7 Å². The largest absolute Gasteiger partial charge is 0.383 e. The Kier molecular flexibility index (Phi) is 30.2. The fourth-order valence-electron chi connectivity index (χ4n) is 15.7. The fourth-order valence-corrected chi connectivity index (χ4v) is 15.7. The van der Waals surface area contributed by atoms with Crippen LogP contribution in [0.3, 0.4) is 0 Å². The summed E-state index contributed by atoms with van der Waals surface area (Å²) in [6, 6.07) is 53.4. The Labute approximate surface area is 752 Å². The third-order valence-electron chi connectivity index (χ3n) is 22.7. The highest BCUT2D eigenvalue weighted by atomic mass is 19.1. The molecular weight excluding hydrogens is 1680 g/mol. The van der Waals surface area contributed by atoms with E-state index >= 15 is 4.39 Å². The molecular formula is C97H101F3N20O11. The summed E-state index contributed by atoms with van der Waals surface area (Å²) in [5, 5.41) is 32.5. The Morgan fingerprint density at radius 1 is 0.412 bits per heavy atom. The highest BCUT2D eigenvalue weighted by Crippen LogP contribution is 2.38. The Morgan fingerprint density at radius 2 is 0.847 bits per heavy atom. The van der Waals surface area contributed by atoms with Crippen molar-refractivity contribution in [1.82, 2.24) is 65.4 Å². The van der Waals surface area contributed by atoms with Crippen LogP contribution in [0.1, 0.15) is 183 Å². The maximum Gasteiger partial charge on any atom is 0.254 e. The van der Waals surface area contributed by atoms with Gasteiger partial charge in [-0.05, 0) is 166 Å². The molecule has 8 aromatic carbocycles. The fraction of sp³-hybridized carbons (Fsp3) is 0.247. The zero-order chi connectivity index (χ0) is 93.3. The molecule has 8 amide bonds. The van der Waals surface area contributed by atoms with Crippen molar-refractivity contribution < 1.29 is 65.7 Å².